The SMILES string of the molecule is COc1cc(Cn2nc(C(=O)NCCN)cc2[N+](=O)[O-])cc(OC)c1OCOP(=O)(O)O. The van der Waals surface area contributed by atoms with Crippen LogP contribution in [0.25, 0.3) is 0 Å². The second-order valence-electron chi connectivity index (χ2n) is 6.06. The molecule has 176 valence electrons. The number of nitro groups is 1. The first-order chi connectivity index (χ1) is 15.1. The molecule has 0 fully saturated rings. The summed E-state index contributed by atoms with van der Waals surface area (Å²) in [4.78, 5) is 40.3. The van der Waals surface area contributed by atoms with Crippen LogP contribution in [0.5, 0.6) is 17.2 Å². The van der Waals surface area contributed by atoms with E-state index in [1.165, 1.54) is 26.4 Å². The maximum absolute atomic E-state index is 12.1. The predicted molar refractivity (Wildman–Crippen MR) is 108 cm³/mol. The summed E-state index contributed by atoms with van der Waals surface area (Å²) in [6, 6.07) is 3.95. The summed E-state index contributed by atoms with van der Waals surface area (Å²) in [7, 11) is -2.13. The smallest absolute Gasteiger partial charge is 0.472 e. The zero-order valence-electron chi connectivity index (χ0n) is 17.1. The van der Waals surface area contributed by atoms with E-state index in [4.69, 9.17) is 29.7 Å². The highest BCUT2D eigenvalue weighted by molar-refractivity contribution is 7.46. The first-order valence-electron chi connectivity index (χ1n) is 8.88. The third-order valence-electron chi connectivity index (χ3n) is 3.89. The normalized spacial score (nSPS) is 11.2. The molecule has 32 heavy (non-hydrogen) atoms. The monoisotopic (exact) mass is 475 g/mol. The first kappa shape index (κ1) is 25.0. The van der Waals surface area contributed by atoms with E-state index >= 15 is 0 Å². The number of nitrogens with one attached hydrogen (secondary N) is 1. The zero-order valence-corrected chi connectivity index (χ0v) is 18.0. The molecular weight excluding hydrogens is 453 g/mol. The minimum absolute atomic E-state index is 0.0102. The highest BCUT2D eigenvalue weighted by Gasteiger charge is 2.24. The molecule has 0 bridgehead atoms. The number of carbonyl (C=O) groups excluding carboxylic acids is 1. The zero-order chi connectivity index (χ0) is 23.9. The molecule has 0 spiro atoms. The summed E-state index contributed by atoms with van der Waals surface area (Å²) in [5, 5.41) is 17.9. The van der Waals surface area contributed by atoms with Gasteiger partial charge in [0.1, 0.15) is 6.54 Å². The molecule has 0 radical (unpaired) electrons. The lowest BCUT2D eigenvalue weighted by Crippen LogP contribution is -2.29. The molecule has 15 nitrogen and oxygen atoms in total. The van der Waals surface area contributed by atoms with Gasteiger partial charge in [-0.3, -0.25) is 4.79 Å². The molecule has 0 saturated carbocycles. The van der Waals surface area contributed by atoms with Crippen LogP contribution in [-0.2, 0) is 15.6 Å². The van der Waals surface area contributed by atoms with Crippen LogP contribution in [0.4, 0.5) is 5.82 Å². The third kappa shape index (κ3) is 6.63. The van der Waals surface area contributed by atoms with E-state index < -0.39 is 31.3 Å². The second kappa shape index (κ2) is 10.9. The summed E-state index contributed by atoms with van der Waals surface area (Å²) in [6.45, 7) is -0.544. The molecule has 5 N–H and O–H groups in total. The van der Waals surface area contributed by atoms with E-state index in [2.05, 4.69) is 14.9 Å². The molecule has 0 atom stereocenters. The van der Waals surface area contributed by atoms with Crippen molar-refractivity contribution in [1.29, 1.82) is 0 Å². The van der Waals surface area contributed by atoms with Crippen molar-refractivity contribution >= 4 is 19.5 Å². The number of phosphoric acid groups is 1. The number of nitrogens with two attached hydrogens (primary N) is 1. The fraction of sp³-hybridized carbons (Fsp3) is 0.375. The van der Waals surface area contributed by atoms with Gasteiger partial charge in [-0.1, -0.05) is 5.10 Å². The number of rotatable bonds is 12. The Morgan fingerprint density at radius 2 is 1.91 bits per heavy atom. The number of carbonyl (C=O) groups is 1. The van der Waals surface area contributed by atoms with Gasteiger partial charge in [-0.05, 0) is 17.1 Å². The van der Waals surface area contributed by atoms with Gasteiger partial charge in [0.05, 0.1) is 20.3 Å². The van der Waals surface area contributed by atoms with Gasteiger partial charge in [-0.2, -0.15) is 0 Å². The molecule has 2 rings (SSSR count). The van der Waals surface area contributed by atoms with Crippen molar-refractivity contribution in [3.05, 3.63) is 39.6 Å². The van der Waals surface area contributed by atoms with Crippen LogP contribution >= 0.6 is 7.82 Å². The Bertz CT molecular complexity index is 996. The van der Waals surface area contributed by atoms with Gasteiger partial charge in [0.15, 0.2) is 17.2 Å². The number of phosphoric ester groups is 1. The van der Waals surface area contributed by atoms with Crippen LogP contribution in [0.15, 0.2) is 18.2 Å². The summed E-state index contributed by atoms with van der Waals surface area (Å²) in [5.41, 5.74) is 5.61. The minimum Gasteiger partial charge on any atom is -0.493 e. The molecule has 1 heterocycles. The fourth-order valence-corrected chi connectivity index (χ4v) is 2.74. The van der Waals surface area contributed by atoms with E-state index in [0.29, 0.717) is 5.56 Å². The average molecular weight is 475 g/mol. The van der Waals surface area contributed by atoms with Crippen molar-refractivity contribution in [3.63, 3.8) is 0 Å². The number of benzene rings is 1. The number of nitrogens with zero attached hydrogens (tertiary/aromatic N) is 3. The summed E-state index contributed by atoms with van der Waals surface area (Å²) in [5.74, 6) is -0.838. The quantitative estimate of drug-likeness (QED) is 0.138. The lowest BCUT2D eigenvalue weighted by molar-refractivity contribution is -0.392. The van der Waals surface area contributed by atoms with Crippen molar-refractivity contribution in [2.24, 2.45) is 5.73 Å². The highest BCUT2D eigenvalue weighted by atomic mass is 31.2. The van der Waals surface area contributed by atoms with Gasteiger partial charge in [-0.15, -0.1) is 4.68 Å². The van der Waals surface area contributed by atoms with Gasteiger partial charge in [-0.25, -0.2) is 9.09 Å². The molecule has 1 amide bonds. The number of ether oxygens (including phenoxy) is 3. The van der Waals surface area contributed by atoms with Crippen LogP contribution in [-0.4, -0.2) is 64.5 Å². The largest absolute Gasteiger partial charge is 0.493 e. The van der Waals surface area contributed by atoms with Crippen LogP contribution in [0.3, 0.4) is 0 Å². The Morgan fingerprint density at radius 1 is 1.28 bits per heavy atom. The highest BCUT2D eigenvalue weighted by Crippen LogP contribution is 2.41. The molecule has 0 aliphatic heterocycles. The number of hydrogen-bond donors (Lipinski definition) is 4. The predicted octanol–water partition coefficient (Wildman–Crippen LogP) is -0.00910. The molecule has 0 aliphatic carbocycles. The van der Waals surface area contributed by atoms with Crippen LogP contribution < -0.4 is 25.3 Å². The van der Waals surface area contributed by atoms with Crippen molar-refractivity contribution in [1.82, 2.24) is 15.1 Å². The Morgan fingerprint density at radius 3 is 2.41 bits per heavy atom. The standard InChI is InChI=1S/C16H22N5O10P/c1-28-12-5-10(6-13(29-2)15(12)30-9-31-32(25,26)27)8-20-14(21(23)24)7-11(19-20)16(22)18-4-3-17/h5-7H,3-4,8-9,17H2,1-2H3,(H,18,22)(H2,25,26,27). The van der Waals surface area contributed by atoms with E-state index in [-0.39, 0.29) is 42.6 Å². The number of hydrogen-bond acceptors (Lipinski definition) is 10. The van der Waals surface area contributed by atoms with Crippen LogP contribution in [0.1, 0.15) is 16.1 Å². The Kier molecular flexibility index (Phi) is 8.51. The maximum Gasteiger partial charge on any atom is 0.472 e. The van der Waals surface area contributed by atoms with Gasteiger partial charge in [0, 0.05) is 18.7 Å². The topological polar surface area (TPSA) is 211 Å². The molecule has 0 saturated heterocycles. The van der Waals surface area contributed by atoms with Gasteiger partial charge in [0.25, 0.3) is 5.91 Å². The van der Waals surface area contributed by atoms with Crippen LogP contribution in [0.2, 0.25) is 0 Å². The van der Waals surface area contributed by atoms with E-state index in [1.54, 1.807) is 0 Å². The van der Waals surface area contributed by atoms with Crippen LogP contribution in [0, 0.1) is 10.1 Å². The molecule has 0 aliphatic rings. The van der Waals surface area contributed by atoms with E-state index in [9.17, 15) is 19.5 Å². The summed E-state index contributed by atoms with van der Waals surface area (Å²) < 4.78 is 31.7. The number of amides is 1. The molecule has 1 aromatic carbocycles. The minimum atomic E-state index is -4.76. The van der Waals surface area contributed by atoms with E-state index in [1.807, 2.05) is 0 Å². The van der Waals surface area contributed by atoms with Crippen molar-refractivity contribution < 1.29 is 42.8 Å². The Hall–Kier alpha value is -3.23. The second-order valence-corrected chi connectivity index (χ2v) is 7.30. The van der Waals surface area contributed by atoms with E-state index in [0.717, 1.165) is 10.7 Å². The first-order valence-corrected chi connectivity index (χ1v) is 10.4. The molecular formula is C16H22N5O10P. The number of methoxy groups -OCH3 is 2. The van der Waals surface area contributed by atoms with Crippen molar-refractivity contribution in [2.75, 3.05) is 34.1 Å². The Labute approximate surface area is 181 Å². The third-order valence-corrected chi connectivity index (χ3v) is 4.33. The molecule has 2 aromatic rings. The molecule has 1 aromatic heterocycles. The van der Waals surface area contributed by atoms with Gasteiger partial charge in [0.2, 0.25) is 12.5 Å². The average Bonchev–Trinajstić information content (AvgIpc) is 3.15. The van der Waals surface area contributed by atoms with Gasteiger partial charge < -0.3 is 45.2 Å². The van der Waals surface area contributed by atoms with Gasteiger partial charge >= 0.3 is 13.6 Å². The van der Waals surface area contributed by atoms with Crippen molar-refractivity contribution in [2.45, 2.75) is 6.54 Å². The molecule has 16 heteroatoms. The number of aromatic nitrogens is 2. The fourth-order valence-electron chi connectivity index (χ4n) is 2.55. The van der Waals surface area contributed by atoms with Crippen molar-refractivity contribution in [3.8, 4) is 17.2 Å². The Balaban J connectivity index is 2.34. The maximum atomic E-state index is 12.1. The summed E-state index contributed by atoms with van der Waals surface area (Å²) >= 11 is 0. The lowest BCUT2D eigenvalue weighted by Gasteiger charge is -2.16. The lowest BCUT2D eigenvalue weighted by atomic mass is 10.2. The molecule has 0 unspecified atom stereocenters. The summed E-state index contributed by atoms with van der Waals surface area (Å²) in [6.07, 6.45) is 0.